The Balaban J connectivity index is 2.30. The third-order valence-electron chi connectivity index (χ3n) is 6.19. The molecule has 7 nitrogen and oxygen atoms in total. The zero-order valence-corrected chi connectivity index (χ0v) is 25.3. The summed E-state index contributed by atoms with van der Waals surface area (Å²) < 4.78 is 11.4. The van der Waals surface area contributed by atoms with Crippen LogP contribution in [0.5, 0.6) is 0 Å². The van der Waals surface area contributed by atoms with Crippen molar-refractivity contribution >= 4 is 23.3 Å². The number of ether oxygens (including phenoxy) is 2. The molecule has 39 heavy (non-hydrogen) atoms. The summed E-state index contributed by atoms with van der Waals surface area (Å²) in [5.41, 5.74) is 10.4. The Hall–Kier alpha value is -2.81. The smallest absolute Gasteiger partial charge is 0.331 e. The zero-order valence-electron chi connectivity index (χ0n) is 24.5. The molecule has 0 fully saturated rings. The van der Waals surface area contributed by atoms with Gasteiger partial charge in [-0.25, -0.2) is 9.78 Å². The third kappa shape index (κ3) is 13.2. The predicted molar refractivity (Wildman–Crippen MR) is 160 cm³/mol. The van der Waals surface area contributed by atoms with Crippen molar-refractivity contribution in [2.75, 3.05) is 20.6 Å². The van der Waals surface area contributed by atoms with Gasteiger partial charge in [-0.2, -0.15) is 0 Å². The molecule has 0 saturated carbocycles. The Morgan fingerprint density at radius 2 is 1.85 bits per heavy atom. The van der Waals surface area contributed by atoms with Crippen LogP contribution < -0.4 is 5.73 Å². The van der Waals surface area contributed by atoms with Gasteiger partial charge in [0.15, 0.2) is 0 Å². The lowest BCUT2D eigenvalue weighted by atomic mass is 9.98. The molecule has 2 rings (SSSR count). The number of rotatable bonds is 5. The molecule has 4 unspecified atom stereocenters. The minimum atomic E-state index is -0.465. The van der Waals surface area contributed by atoms with Crippen molar-refractivity contribution in [1.82, 2.24) is 9.88 Å². The Morgan fingerprint density at radius 1 is 1.13 bits per heavy atom. The van der Waals surface area contributed by atoms with E-state index in [-0.39, 0.29) is 30.5 Å². The molecule has 0 radical (unpaired) electrons. The number of hydrogen-bond donors (Lipinski definition) is 1. The highest BCUT2D eigenvalue weighted by atomic mass is 32.1. The van der Waals surface area contributed by atoms with Crippen molar-refractivity contribution in [2.24, 2.45) is 5.73 Å². The number of allylic oxidation sites excluding steroid dienone is 6. The number of esters is 2. The van der Waals surface area contributed by atoms with Crippen LogP contribution in [-0.4, -0.2) is 60.7 Å². The lowest BCUT2D eigenvalue weighted by Gasteiger charge is -2.18. The lowest BCUT2D eigenvalue weighted by Crippen LogP contribution is -2.28. The summed E-state index contributed by atoms with van der Waals surface area (Å²) in [5.74, 6) is -0.635. The number of fused-ring (bicyclic) bond motifs is 2. The second kappa shape index (κ2) is 16.3. The van der Waals surface area contributed by atoms with Crippen LogP contribution in [0.4, 0.5) is 0 Å². The van der Waals surface area contributed by atoms with Gasteiger partial charge in [0.2, 0.25) is 0 Å². The van der Waals surface area contributed by atoms with Crippen LogP contribution in [0.15, 0.2) is 64.6 Å². The van der Waals surface area contributed by atoms with Crippen LogP contribution in [0.2, 0.25) is 0 Å². The molecule has 0 spiro atoms. The molecule has 1 aliphatic rings. The van der Waals surface area contributed by atoms with Crippen LogP contribution in [0.1, 0.15) is 70.5 Å². The first-order valence-electron chi connectivity index (χ1n) is 13.5. The molecular formula is C31H45N3O4S. The number of nitrogens with two attached hydrogens (primary N) is 1. The number of likely N-dealkylation sites (N-methyl/N-ethyl adjacent to an activating group) is 1. The fraction of sp³-hybridized carbons (Fsp3) is 0.516. The summed E-state index contributed by atoms with van der Waals surface area (Å²) in [6.45, 7) is 10.8. The second-order valence-corrected chi connectivity index (χ2v) is 11.7. The molecular weight excluding hydrogens is 510 g/mol. The van der Waals surface area contributed by atoms with Gasteiger partial charge in [-0.3, -0.25) is 4.79 Å². The molecule has 0 amide bonds. The van der Waals surface area contributed by atoms with Crippen LogP contribution in [0.3, 0.4) is 0 Å². The van der Waals surface area contributed by atoms with Gasteiger partial charge in [0.1, 0.15) is 12.2 Å². The van der Waals surface area contributed by atoms with Crippen LogP contribution in [0, 0.1) is 0 Å². The van der Waals surface area contributed by atoms with Gasteiger partial charge in [-0.15, -0.1) is 11.3 Å². The predicted octanol–water partition coefficient (Wildman–Crippen LogP) is 5.66. The maximum atomic E-state index is 12.7. The Morgan fingerprint density at radius 3 is 2.56 bits per heavy atom. The van der Waals surface area contributed by atoms with E-state index >= 15 is 0 Å². The summed E-state index contributed by atoms with van der Waals surface area (Å²) >= 11 is 1.54. The minimum Gasteiger partial charge on any atom is -0.462 e. The summed E-state index contributed by atoms with van der Waals surface area (Å²) in [7, 11) is 4.07. The van der Waals surface area contributed by atoms with Gasteiger partial charge < -0.3 is 20.1 Å². The largest absolute Gasteiger partial charge is 0.462 e. The number of aromatic nitrogens is 1. The van der Waals surface area contributed by atoms with Gasteiger partial charge >= 0.3 is 11.9 Å². The van der Waals surface area contributed by atoms with E-state index in [9.17, 15) is 9.59 Å². The highest BCUT2D eigenvalue weighted by molar-refractivity contribution is 7.09. The number of carbonyl (C=O) groups excluding carboxylic acids is 2. The van der Waals surface area contributed by atoms with Crippen molar-refractivity contribution < 1.29 is 19.1 Å². The van der Waals surface area contributed by atoms with Crippen molar-refractivity contribution in [3.63, 3.8) is 0 Å². The van der Waals surface area contributed by atoms with Crippen molar-refractivity contribution in [3.8, 4) is 0 Å². The number of hydrogen-bond acceptors (Lipinski definition) is 8. The fourth-order valence-corrected chi connectivity index (χ4v) is 5.11. The normalized spacial score (nSPS) is 27.3. The van der Waals surface area contributed by atoms with Crippen LogP contribution >= 0.6 is 11.3 Å². The van der Waals surface area contributed by atoms with Crippen molar-refractivity contribution in [3.05, 3.63) is 75.3 Å². The van der Waals surface area contributed by atoms with E-state index in [0.717, 1.165) is 34.0 Å². The highest BCUT2D eigenvalue weighted by Crippen LogP contribution is 2.25. The fourth-order valence-electron chi connectivity index (χ4n) is 4.15. The number of nitrogens with zero attached hydrogens (tertiary/aromatic N) is 2. The molecule has 1 aromatic heterocycles. The van der Waals surface area contributed by atoms with E-state index in [1.807, 2.05) is 58.5 Å². The quantitative estimate of drug-likeness (QED) is 0.370. The van der Waals surface area contributed by atoms with Gasteiger partial charge in [-0.1, -0.05) is 54.0 Å². The van der Waals surface area contributed by atoms with Gasteiger partial charge in [0.25, 0.3) is 0 Å². The number of carbonyl (C=O) groups is 2. The first-order chi connectivity index (χ1) is 18.4. The Labute approximate surface area is 238 Å². The molecule has 8 heteroatoms. The first-order valence-corrected chi connectivity index (χ1v) is 14.4. The molecule has 0 saturated heterocycles. The van der Waals surface area contributed by atoms with E-state index in [1.165, 1.54) is 6.08 Å². The molecule has 0 aliphatic carbocycles. The van der Waals surface area contributed by atoms with Gasteiger partial charge in [-0.05, 0) is 54.3 Å². The van der Waals surface area contributed by atoms with Crippen molar-refractivity contribution in [1.29, 1.82) is 0 Å². The standard InChI is InChI=1S/C31H45N3O4S/c1-21(13-14-34(6)7)11-12-23(3)16-27-19-29-33-28(20-39-29)24(4)17-26(32)18-31(36)37-25(5)15-22(2)9-8-10-30(35)38-27/h8-13,16,20,24-27H,14-15,17-19,32H2,1-7H3/b10-8-,12-11+,21-13+,22-9+,23-16-. The molecule has 4 atom stereocenters. The summed E-state index contributed by atoms with van der Waals surface area (Å²) in [5, 5.41) is 2.90. The monoisotopic (exact) mass is 555 g/mol. The van der Waals surface area contributed by atoms with Crippen LogP contribution in [0.25, 0.3) is 0 Å². The molecule has 2 heterocycles. The SMILES string of the molecule is CC(=C/C1Cc2nc(cs2)C(C)CC(N)CC(=O)OC(C)C/C(C)=C/C=C\C(=O)O1)/C=C/C(C)=C/CN(C)C. The molecule has 214 valence electrons. The highest BCUT2D eigenvalue weighted by Gasteiger charge is 2.20. The molecule has 2 N–H and O–H groups in total. The first kappa shape index (κ1) is 32.4. The Kier molecular flexibility index (Phi) is 13.6. The number of cyclic esters (lactones) is 2. The van der Waals surface area contributed by atoms with Crippen molar-refractivity contribution in [2.45, 2.75) is 84.5 Å². The summed E-state index contributed by atoms with van der Waals surface area (Å²) in [4.78, 5) is 32.0. The average Bonchev–Trinajstić information content (AvgIpc) is 3.29. The van der Waals surface area contributed by atoms with E-state index in [0.29, 0.717) is 19.3 Å². The van der Waals surface area contributed by atoms with E-state index < -0.39 is 12.1 Å². The second-order valence-electron chi connectivity index (χ2n) is 10.8. The topological polar surface area (TPSA) is 94.8 Å². The zero-order chi connectivity index (χ0) is 28.9. The summed E-state index contributed by atoms with van der Waals surface area (Å²) in [6.07, 6.45) is 14.2. The van der Waals surface area contributed by atoms with E-state index in [1.54, 1.807) is 17.4 Å². The molecule has 2 bridgehead atoms. The lowest BCUT2D eigenvalue weighted by molar-refractivity contribution is -0.148. The maximum absolute atomic E-state index is 12.7. The Bertz CT molecular complexity index is 1110. The summed E-state index contributed by atoms with van der Waals surface area (Å²) in [6, 6.07) is -0.312. The number of thiazole rings is 1. The van der Waals surface area contributed by atoms with E-state index in [4.69, 9.17) is 20.2 Å². The average molecular weight is 556 g/mol. The third-order valence-corrected chi connectivity index (χ3v) is 7.08. The van der Waals surface area contributed by atoms with Crippen LogP contribution in [-0.2, 0) is 25.5 Å². The van der Waals surface area contributed by atoms with Gasteiger partial charge in [0.05, 0.1) is 17.1 Å². The molecule has 1 aliphatic heterocycles. The molecule has 1 aromatic rings. The van der Waals surface area contributed by atoms with Gasteiger partial charge in [0, 0.05) is 42.8 Å². The maximum Gasteiger partial charge on any atom is 0.331 e. The minimum absolute atomic E-state index is 0.0866. The molecule has 0 aromatic carbocycles. The van der Waals surface area contributed by atoms with E-state index in [2.05, 4.69) is 30.9 Å².